The van der Waals surface area contributed by atoms with Crippen LogP contribution in [0.4, 0.5) is 0 Å². The van der Waals surface area contributed by atoms with Gasteiger partial charge in [-0.1, -0.05) is 51.1 Å². The van der Waals surface area contributed by atoms with Crippen LogP contribution in [0.3, 0.4) is 0 Å². The van der Waals surface area contributed by atoms with Crippen molar-refractivity contribution in [3.63, 3.8) is 0 Å². The Balaban J connectivity index is 2.65. The Morgan fingerprint density at radius 1 is 1.05 bits per heavy atom. The van der Waals surface area contributed by atoms with E-state index in [4.69, 9.17) is 4.74 Å². The second-order valence-electron chi connectivity index (χ2n) is 6.27. The van der Waals surface area contributed by atoms with E-state index in [2.05, 4.69) is 39.0 Å². The highest BCUT2D eigenvalue weighted by Gasteiger charge is 2.30. The van der Waals surface area contributed by atoms with Crippen LogP contribution < -0.4 is 4.74 Å². The maximum Gasteiger partial charge on any atom is 0.119 e. The molecule has 2 rings (SSSR count). The van der Waals surface area contributed by atoms with Gasteiger partial charge in [-0.2, -0.15) is 5.26 Å². The van der Waals surface area contributed by atoms with Crippen molar-refractivity contribution in [2.45, 2.75) is 26.7 Å². The summed E-state index contributed by atoms with van der Waals surface area (Å²) in [4.78, 5) is 0. The number of hydrogen-bond donors (Lipinski definition) is 0. The first-order chi connectivity index (χ1) is 9.97. The third kappa shape index (κ3) is 3.25. The summed E-state index contributed by atoms with van der Waals surface area (Å²) in [6.07, 6.45) is 0. The number of hydrogen-bond acceptors (Lipinski definition) is 2. The molecule has 0 bridgehead atoms. The molecule has 0 aliphatic rings. The minimum atomic E-state index is -0.000676. The minimum Gasteiger partial charge on any atom is -0.497 e. The van der Waals surface area contributed by atoms with Crippen LogP contribution in [0.1, 0.15) is 43.4 Å². The highest BCUT2D eigenvalue weighted by atomic mass is 16.5. The lowest BCUT2D eigenvalue weighted by atomic mass is 9.71. The lowest BCUT2D eigenvalue weighted by molar-refractivity contribution is 0.356. The van der Waals surface area contributed by atoms with Gasteiger partial charge in [-0.05, 0) is 34.7 Å². The van der Waals surface area contributed by atoms with Gasteiger partial charge in [0, 0.05) is 5.92 Å². The van der Waals surface area contributed by atoms with Gasteiger partial charge < -0.3 is 4.74 Å². The molecule has 1 atom stereocenters. The summed E-state index contributed by atoms with van der Waals surface area (Å²) in [6.45, 7) is 6.60. The fourth-order valence-corrected chi connectivity index (χ4v) is 2.80. The van der Waals surface area contributed by atoms with Crippen LogP contribution >= 0.6 is 0 Å². The van der Waals surface area contributed by atoms with Gasteiger partial charge in [-0.3, -0.25) is 0 Å². The Kier molecular flexibility index (Phi) is 4.33. The van der Waals surface area contributed by atoms with Crippen molar-refractivity contribution in [1.82, 2.24) is 0 Å². The summed E-state index contributed by atoms with van der Waals surface area (Å²) in [7, 11) is 1.65. The standard InChI is InChI=1S/C19H21NO/c1-19(2,3)18(14-8-6-5-7-9-14)17-12-16(21-4)11-10-15(17)13-20/h5-12,18H,1-4H3/t18-/m1/s1. The van der Waals surface area contributed by atoms with E-state index in [9.17, 15) is 5.26 Å². The van der Waals surface area contributed by atoms with E-state index in [-0.39, 0.29) is 11.3 Å². The average Bonchev–Trinajstić information content (AvgIpc) is 2.47. The van der Waals surface area contributed by atoms with Gasteiger partial charge in [-0.15, -0.1) is 0 Å². The van der Waals surface area contributed by atoms with Crippen LogP contribution in [0.5, 0.6) is 5.75 Å². The molecule has 0 heterocycles. The topological polar surface area (TPSA) is 33.0 Å². The number of nitriles is 1. The first kappa shape index (κ1) is 15.1. The minimum absolute atomic E-state index is 0.000676. The molecule has 21 heavy (non-hydrogen) atoms. The smallest absolute Gasteiger partial charge is 0.119 e. The fourth-order valence-electron chi connectivity index (χ4n) is 2.80. The van der Waals surface area contributed by atoms with E-state index in [1.54, 1.807) is 7.11 Å². The van der Waals surface area contributed by atoms with E-state index in [0.717, 1.165) is 11.3 Å². The first-order valence-electron chi connectivity index (χ1n) is 7.10. The van der Waals surface area contributed by atoms with E-state index >= 15 is 0 Å². The fraction of sp³-hybridized carbons (Fsp3) is 0.316. The SMILES string of the molecule is COc1ccc(C#N)c([C@@H](c2ccccc2)C(C)(C)C)c1. The second-order valence-corrected chi connectivity index (χ2v) is 6.27. The molecule has 2 aromatic carbocycles. The summed E-state index contributed by atoms with van der Waals surface area (Å²) < 4.78 is 5.34. The van der Waals surface area contributed by atoms with Crippen LogP contribution in [0, 0.1) is 16.7 Å². The van der Waals surface area contributed by atoms with Crippen molar-refractivity contribution in [3.05, 3.63) is 65.2 Å². The molecule has 0 aliphatic heterocycles. The number of rotatable bonds is 3. The molecular weight excluding hydrogens is 258 g/mol. The van der Waals surface area contributed by atoms with Gasteiger partial charge in [0.15, 0.2) is 0 Å². The van der Waals surface area contributed by atoms with Gasteiger partial charge in [0.2, 0.25) is 0 Å². The Bertz CT molecular complexity index is 648. The Labute approximate surface area is 127 Å². The molecule has 0 radical (unpaired) electrons. The molecule has 2 nitrogen and oxygen atoms in total. The van der Waals surface area contributed by atoms with E-state index in [0.29, 0.717) is 5.56 Å². The van der Waals surface area contributed by atoms with Crippen LogP contribution in [0.25, 0.3) is 0 Å². The van der Waals surface area contributed by atoms with Gasteiger partial charge in [0.1, 0.15) is 5.75 Å². The van der Waals surface area contributed by atoms with Gasteiger partial charge in [0.25, 0.3) is 0 Å². The molecule has 0 saturated heterocycles. The molecule has 0 aromatic heterocycles. The Hall–Kier alpha value is -2.27. The zero-order valence-corrected chi connectivity index (χ0v) is 13.1. The third-order valence-corrected chi connectivity index (χ3v) is 3.69. The molecule has 0 aliphatic carbocycles. The zero-order chi connectivity index (χ0) is 15.5. The van der Waals surface area contributed by atoms with Crippen molar-refractivity contribution in [2.24, 2.45) is 5.41 Å². The monoisotopic (exact) mass is 279 g/mol. The molecule has 0 unspecified atom stereocenters. The molecule has 0 spiro atoms. The third-order valence-electron chi connectivity index (χ3n) is 3.69. The van der Waals surface area contributed by atoms with E-state index < -0.39 is 0 Å². The van der Waals surface area contributed by atoms with Crippen LogP contribution in [-0.4, -0.2) is 7.11 Å². The van der Waals surface area contributed by atoms with Crippen LogP contribution in [0.15, 0.2) is 48.5 Å². The zero-order valence-electron chi connectivity index (χ0n) is 13.1. The normalized spacial score (nSPS) is 12.5. The van der Waals surface area contributed by atoms with Gasteiger partial charge in [-0.25, -0.2) is 0 Å². The highest BCUT2D eigenvalue weighted by molar-refractivity contribution is 5.48. The summed E-state index contributed by atoms with van der Waals surface area (Å²) in [5.41, 5.74) is 2.95. The lowest BCUT2D eigenvalue weighted by Gasteiger charge is -2.32. The predicted molar refractivity (Wildman–Crippen MR) is 85.4 cm³/mol. The maximum atomic E-state index is 9.45. The highest BCUT2D eigenvalue weighted by Crippen LogP contribution is 2.42. The second kappa shape index (κ2) is 6.01. The predicted octanol–water partition coefficient (Wildman–Crippen LogP) is 4.74. The maximum absolute atomic E-state index is 9.45. The van der Waals surface area contributed by atoms with E-state index in [1.807, 2.05) is 36.4 Å². The average molecular weight is 279 g/mol. The number of methoxy groups -OCH3 is 1. The van der Waals surface area contributed by atoms with Gasteiger partial charge in [0.05, 0.1) is 18.7 Å². The Morgan fingerprint density at radius 3 is 2.24 bits per heavy atom. The summed E-state index contributed by atoms with van der Waals surface area (Å²) in [6, 6.07) is 18.3. The van der Waals surface area contributed by atoms with Crippen molar-refractivity contribution in [1.29, 1.82) is 5.26 Å². The number of benzene rings is 2. The summed E-state index contributed by atoms with van der Waals surface area (Å²) >= 11 is 0. The Morgan fingerprint density at radius 2 is 1.71 bits per heavy atom. The molecule has 0 fully saturated rings. The molecule has 0 amide bonds. The van der Waals surface area contributed by atoms with Crippen molar-refractivity contribution in [3.8, 4) is 11.8 Å². The molecule has 2 heteroatoms. The van der Waals surface area contributed by atoms with Crippen LogP contribution in [0.2, 0.25) is 0 Å². The summed E-state index contributed by atoms with van der Waals surface area (Å²) in [5, 5.41) is 9.45. The summed E-state index contributed by atoms with van der Waals surface area (Å²) in [5.74, 6) is 0.928. The van der Waals surface area contributed by atoms with Crippen LogP contribution in [-0.2, 0) is 0 Å². The van der Waals surface area contributed by atoms with Crippen molar-refractivity contribution >= 4 is 0 Å². The molecule has 108 valence electrons. The number of nitrogens with zero attached hydrogens (tertiary/aromatic N) is 1. The molecular formula is C19H21NO. The molecule has 2 aromatic rings. The largest absolute Gasteiger partial charge is 0.497 e. The quantitative estimate of drug-likeness (QED) is 0.812. The number of ether oxygens (including phenoxy) is 1. The first-order valence-corrected chi connectivity index (χ1v) is 7.10. The van der Waals surface area contributed by atoms with Gasteiger partial charge >= 0.3 is 0 Å². The molecule has 0 saturated carbocycles. The van der Waals surface area contributed by atoms with Crippen molar-refractivity contribution < 1.29 is 4.74 Å². The lowest BCUT2D eigenvalue weighted by Crippen LogP contribution is -2.20. The van der Waals surface area contributed by atoms with Crippen molar-refractivity contribution in [2.75, 3.05) is 7.11 Å². The van der Waals surface area contributed by atoms with E-state index in [1.165, 1.54) is 5.56 Å². The molecule has 0 N–H and O–H groups in total.